The molecule has 0 spiro atoms. The molecule has 0 unspecified atom stereocenters. The van der Waals surface area contributed by atoms with Crippen LogP contribution in [-0.2, 0) is 35.7 Å². The zero-order chi connectivity index (χ0) is 19.0. The molecule has 146 valence electrons. The van der Waals surface area contributed by atoms with E-state index in [1.165, 1.54) is 22.3 Å². The Balaban J connectivity index is 1.45. The van der Waals surface area contributed by atoms with Crippen LogP contribution in [0.15, 0.2) is 17.6 Å². The monoisotopic (exact) mass is 389 g/mol. The zero-order valence-corrected chi connectivity index (χ0v) is 16.6. The van der Waals surface area contributed by atoms with Gasteiger partial charge in [-0.25, -0.2) is 17.9 Å². The minimum Gasteiger partial charge on any atom is -0.307 e. The van der Waals surface area contributed by atoms with E-state index in [-0.39, 0.29) is 6.04 Å². The summed E-state index contributed by atoms with van der Waals surface area (Å²) in [6.45, 7) is 0.965. The Morgan fingerprint density at radius 2 is 1.85 bits per heavy atom. The number of hydrogen-bond donors (Lipinski definition) is 2. The molecule has 3 aliphatic rings. The number of fused-ring (bicyclic) bond motifs is 3. The number of anilines is 1. The van der Waals surface area contributed by atoms with E-state index in [0.29, 0.717) is 0 Å². The summed E-state index contributed by atoms with van der Waals surface area (Å²) in [4.78, 5) is 14.5. The quantitative estimate of drug-likeness (QED) is 0.830. The Bertz CT molecular complexity index is 892. The first kappa shape index (κ1) is 18.5. The van der Waals surface area contributed by atoms with Crippen molar-refractivity contribution in [3.63, 3.8) is 0 Å². The molecule has 1 atom stereocenters. The average molecular weight is 390 g/mol. The first-order chi connectivity index (χ1) is 12.9. The number of amides is 2. The van der Waals surface area contributed by atoms with E-state index in [1.807, 2.05) is 13.1 Å². The maximum absolute atomic E-state index is 12.3. The molecule has 2 aliphatic carbocycles. The Morgan fingerprint density at radius 1 is 1.11 bits per heavy atom. The molecule has 27 heavy (non-hydrogen) atoms. The normalized spacial score (nSPS) is 22.2. The molecule has 1 aliphatic heterocycles. The van der Waals surface area contributed by atoms with Gasteiger partial charge in [-0.1, -0.05) is 6.08 Å². The van der Waals surface area contributed by atoms with Gasteiger partial charge >= 0.3 is 6.03 Å². The number of urea groups is 1. The van der Waals surface area contributed by atoms with Crippen molar-refractivity contribution in [1.82, 2.24) is 9.62 Å². The van der Waals surface area contributed by atoms with E-state index < -0.39 is 16.1 Å². The molecular weight excluding hydrogens is 362 g/mol. The van der Waals surface area contributed by atoms with Gasteiger partial charge in [-0.2, -0.15) is 0 Å². The smallest absolute Gasteiger partial charge is 0.307 e. The summed E-state index contributed by atoms with van der Waals surface area (Å²) in [7, 11) is -1.83. The highest BCUT2D eigenvalue weighted by molar-refractivity contribution is 7.92. The molecular formula is C20H27N3O3S. The largest absolute Gasteiger partial charge is 0.333 e. The number of rotatable bonds is 4. The lowest BCUT2D eigenvalue weighted by atomic mass is 9.98. The van der Waals surface area contributed by atoms with Crippen LogP contribution < -0.4 is 10.0 Å². The van der Waals surface area contributed by atoms with Crippen molar-refractivity contribution in [2.75, 3.05) is 18.9 Å². The van der Waals surface area contributed by atoms with Gasteiger partial charge in [0.1, 0.15) is 0 Å². The predicted octanol–water partition coefficient (Wildman–Crippen LogP) is 2.72. The molecule has 1 fully saturated rings. The number of nitrogens with one attached hydrogen (secondary N) is 2. The van der Waals surface area contributed by atoms with Crippen molar-refractivity contribution in [3.8, 4) is 0 Å². The fourth-order valence-corrected chi connectivity index (χ4v) is 5.47. The number of hydrogen-bond acceptors (Lipinski definition) is 4. The molecule has 0 bridgehead atoms. The minimum atomic E-state index is -3.81. The third kappa shape index (κ3) is 3.89. The molecule has 2 amide bonds. The van der Waals surface area contributed by atoms with Gasteiger partial charge in [0.25, 0.3) is 10.0 Å². The molecule has 6 nitrogen and oxygen atoms in total. The SMILES string of the molecule is CN1CCC[C@H]1/C=C/S(=O)(=O)NC(=O)Nc1cc2c(c3c1CCC3)CCC2. The maximum Gasteiger partial charge on any atom is 0.333 e. The van der Waals surface area contributed by atoms with Crippen molar-refractivity contribution in [3.05, 3.63) is 39.8 Å². The van der Waals surface area contributed by atoms with E-state index >= 15 is 0 Å². The van der Waals surface area contributed by atoms with Gasteiger partial charge in [0.15, 0.2) is 0 Å². The first-order valence-electron chi connectivity index (χ1n) is 9.82. The Hall–Kier alpha value is -1.86. The van der Waals surface area contributed by atoms with E-state index in [1.54, 1.807) is 6.08 Å². The molecule has 0 radical (unpaired) electrons. The summed E-state index contributed by atoms with van der Waals surface area (Å²) in [5, 5.41) is 3.91. The van der Waals surface area contributed by atoms with Crippen molar-refractivity contribution >= 4 is 21.7 Å². The second-order valence-corrected chi connectivity index (χ2v) is 9.41. The van der Waals surface area contributed by atoms with Crippen molar-refractivity contribution < 1.29 is 13.2 Å². The highest BCUT2D eigenvalue weighted by Crippen LogP contribution is 2.38. The minimum absolute atomic E-state index is 0.115. The predicted molar refractivity (Wildman–Crippen MR) is 106 cm³/mol. The van der Waals surface area contributed by atoms with E-state index in [4.69, 9.17) is 0 Å². The second-order valence-electron chi connectivity index (χ2n) is 7.85. The number of aryl methyl sites for hydroxylation is 1. The number of carbonyl (C=O) groups excluding carboxylic acids is 1. The summed E-state index contributed by atoms with van der Waals surface area (Å²) < 4.78 is 26.6. The lowest BCUT2D eigenvalue weighted by Crippen LogP contribution is -2.33. The van der Waals surface area contributed by atoms with Gasteiger partial charge in [-0.05, 0) is 93.3 Å². The number of likely N-dealkylation sites (tertiary alicyclic amines) is 1. The number of carbonyl (C=O) groups is 1. The topological polar surface area (TPSA) is 78.5 Å². The number of likely N-dealkylation sites (N-methyl/N-ethyl adjacent to an activating group) is 1. The van der Waals surface area contributed by atoms with Crippen LogP contribution in [0.4, 0.5) is 10.5 Å². The third-order valence-corrected chi connectivity index (χ3v) is 7.01. The van der Waals surface area contributed by atoms with Crippen LogP contribution in [0.3, 0.4) is 0 Å². The second kappa shape index (κ2) is 7.28. The van der Waals surface area contributed by atoms with Crippen LogP contribution >= 0.6 is 0 Å². The Morgan fingerprint density at radius 3 is 2.63 bits per heavy atom. The highest BCUT2D eigenvalue weighted by atomic mass is 32.2. The molecule has 1 aromatic carbocycles. The van der Waals surface area contributed by atoms with Crippen LogP contribution in [0, 0.1) is 0 Å². The van der Waals surface area contributed by atoms with Gasteiger partial charge in [0.2, 0.25) is 0 Å². The standard InChI is InChI=1S/C20H27N3O3S/c1-23-11-4-6-15(23)10-12-27(25,26)22-20(24)21-19-13-14-5-2-7-16(14)17-8-3-9-18(17)19/h10,12-13,15H,2-9,11H2,1H3,(H2,21,22,24)/b12-10+/t15-/m0/s1. The van der Waals surface area contributed by atoms with E-state index in [2.05, 4.69) is 14.9 Å². The summed E-state index contributed by atoms with van der Waals surface area (Å²) >= 11 is 0. The van der Waals surface area contributed by atoms with Crippen LogP contribution in [-0.4, -0.2) is 39.0 Å². The average Bonchev–Trinajstić information content (AvgIpc) is 3.32. The van der Waals surface area contributed by atoms with Crippen LogP contribution in [0.25, 0.3) is 0 Å². The zero-order valence-electron chi connectivity index (χ0n) is 15.8. The summed E-state index contributed by atoms with van der Waals surface area (Å²) in [5.41, 5.74) is 6.11. The molecule has 0 saturated carbocycles. The van der Waals surface area contributed by atoms with Gasteiger partial charge < -0.3 is 5.32 Å². The number of sulfonamides is 1. The molecule has 1 saturated heterocycles. The third-order valence-electron chi connectivity index (χ3n) is 6.03. The van der Waals surface area contributed by atoms with Crippen molar-refractivity contribution in [2.45, 2.75) is 57.4 Å². The van der Waals surface area contributed by atoms with Crippen molar-refractivity contribution in [2.24, 2.45) is 0 Å². The van der Waals surface area contributed by atoms with Crippen molar-refractivity contribution in [1.29, 1.82) is 0 Å². The maximum atomic E-state index is 12.3. The van der Waals surface area contributed by atoms with E-state index in [9.17, 15) is 13.2 Å². The molecule has 4 rings (SSSR count). The highest BCUT2D eigenvalue weighted by Gasteiger charge is 2.25. The summed E-state index contributed by atoms with van der Waals surface area (Å²) in [5.74, 6) is 0. The lowest BCUT2D eigenvalue weighted by molar-refractivity contribution is 0.256. The van der Waals surface area contributed by atoms with Gasteiger partial charge in [0, 0.05) is 17.1 Å². The van der Waals surface area contributed by atoms with Crippen LogP contribution in [0.2, 0.25) is 0 Å². The summed E-state index contributed by atoms with van der Waals surface area (Å²) in [6, 6.07) is 1.47. The Labute approximate surface area is 161 Å². The van der Waals surface area contributed by atoms with Gasteiger partial charge in [-0.3, -0.25) is 4.90 Å². The Kier molecular flexibility index (Phi) is 4.99. The fourth-order valence-electron chi connectivity index (χ4n) is 4.70. The van der Waals surface area contributed by atoms with Gasteiger partial charge in [-0.15, -0.1) is 0 Å². The molecule has 0 aromatic heterocycles. The number of nitrogens with zero attached hydrogens (tertiary/aromatic N) is 1. The number of benzene rings is 1. The van der Waals surface area contributed by atoms with Crippen LogP contribution in [0.1, 0.15) is 47.9 Å². The lowest BCUT2D eigenvalue weighted by Gasteiger charge is -2.16. The fraction of sp³-hybridized carbons (Fsp3) is 0.550. The first-order valence-corrected chi connectivity index (χ1v) is 11.4. The molecule has 1 heterocycles. The molecule has 2 N–H and O–H groups in total. The van der Waals surface area contributed by atoms with E-state index in [0.717, 1.165) is 69.0 Å². The van der Waals surface area contributed by atoms with Crippen LogP contribution in [0.5, 0.6) is 0 Å². The molecule has 1 aromatic rings. The van der Waals surface area contributed by atoms with Gasteiger partial charge in [0.05, 0.1) is 0 Å². The summed E-state index contributed by atoms with van der Waals surface area (Å²) in [6.07, 6.45) is 10.1. The molecule has 7 heteroatoms.